The van der Waals surface area contributed by atoms with Crippen LogP contribution in [0.4, 0.5) is 4.79 Å². The van der Waals surface area contributed by atoms with Gasteiger partial charge in [-0.05, 0) is 24.6 Å². The van der Waals surface area contributed by atoms with E-state index in [-0.39, 0.29) is 5.04 Å². The van der Waals surface area contributed by atoms with Crippen LogP contribution in [0.25, 0.3) is 0 Å². The van der Waals surface area contributed by atoms with Crippen LogP contribution in [-0.2, 0) is 9.16 Å². The fourth-order valence-electron chi connectivity index (χ4n) is 2.14. The minimum Gasteiger partial charge on any atom is -0.489 e. The summed E-state index contributed by atoms with van der Waals surface area (Å²) >= 11 is 0. The largest absolute Gasteiger partial charge is 0.494 e. The van der Waals surface area contributed by atoms with Crippen LogP contribution in [-0.4, -0.2) is 21.1 Å². The Bertz CT molecular complexity index is 308. The molecule has 0 saturated carbocycles. The SMILES string of the molecule is CCCCCCCCCCCCOC(=O)O[Si](C)(C)C(C)(C)C. The molecule has 0 aromatic carbocycles. The van der Waals surface area contributed by atoms with Gasteiger partial charge in [0.1, 0.15) is 0 Å². The molecule has 0 heterocycles. The van der Waals surface area contributed by atoms with Crippen LogP contribution in [0.15, 0.2) is 0 Å². The second-order valence-corrected chi connectivity index (χ2v) is 12.9. The summed E-state index contributed by atoms with van der Waals surface area (Å²) in [5.74, 6) is 0. The molecule has 0 fully saturated rings. The zero-order valence-corrected chi connectivity index (χ0v) is 17.5. The lowest BCUT2D eigenvalue weighted by Gasteiger charge is -2.34. The number of hydrogen-bond donors (Lipinski definition) is 0. The normalized spacial score (nSPS) is 12.3. The molecule has 0 bridgehead atoms. The molecule has 138 valence electrons. The molecular formula is C19H40O3Si. The highest BCUT2D eigenvalue weighted by Crippen LogP contribution is 2.36. The average Bonchev–Trinajstić information content (AvgIpc) is 2.43. The smallest absolute Gasteiger partial charge is 0.489 e. The van der Waals surface area contributed by atoms with Crippen molar-refractivity contribution in [3.63, 3.8) is 0 Å². The summed E-state index contributed by atoms with van der Waals surface area (Å²) in [7, 11) is -2.04. The molecule has 0 N–H and O–H groups in total. The molecule has 0 aliphatic heterocycles. The maximum absolute atomic E-state index is 11.8. The molecule has 0 rings (SSSR count). The van der Waals surface area contributed by atoms with Gasteiger partial charge in [-0.1, -0.05) is 85.5 Å². The van der Waals surface area contributed by atoms with E-state index >= 15 is 0 Å². The van der Waals surface area contributed by atoms with Crippen molar-refractivity contribution in [1.29, 1.82) is 0 Å². The molecule has 0 amide bonds. The van der Waals surface area contributed by atoms with E-state index in [4.69, 9.17) is 9.16 Å². The predicted octanol–water partition coefficient (Wildman–Crippen LogP) is 7.07. The lowest BCUT2D eigenvalue weighted by atomic mass is 10.1. The molecule has 23 heavy (non-hydrogen) atoms. The molecule has 0 aliphatic carbocycles. The Hall–Kier alpha value is -0.513. The first kappa shape index (κ1) is 22.5. The van der Waals surface area contributed by atoms with Crippen molar-refractivity contribution in [2.24, 2.45) is 0 Å². The summed E-state index contributed by atoms with van der Waals surface area (Å²) in [5, 5.41) is 0.0309. The van der Waals surface area contributed by atoms with Gasteiger partial charge < -0.3 is 9.16 Å². The highest BCUT2D eigenvalue weighted by molar-refractivity contribution is 6.75. The van der Waals surface area contributed by atoms with Gasteiger partial charge in [0, 0.05) is 0 Å². The van der Waals surface area contributed by atoms with Gasteiger partial charge in [-0.2, -0.15) is 0 Å². The third-order valence-electron chi connectivity index (χ3n) is 4.86. The Labute approximate surface area is 145 Å². The molecule has 4 heteroatoms. The van der Waals surface area contributed by atoms with E-state index < -0.39 is 14.5 Å². The molecular weight excluding hydrogens is 304 g/mol. The second-order valence-electron chi connectivity index (χ2n) is 8.14. The number of ether oxygens (including phenoxy) is 1. The van der Waals surface area contributed by atoms with Gasteiger partial charge in [-0.25, -0.2) is 4.79 Å². The quantitative estimate of drug-likeness (QED) is 0.216. The van der Waals surface area contributed by atoms with E-state index in [0.29, 0.717) is 6.61 Å². The van der Waals surface area contributed by atoms with Crippen molar-refractivity contribution in [1.82, 2.24) is 0 Å². The summed E-state index contributed by atoms with van der Waals surface area (Å²) in [6.07, 6.45) is 12.3. The topological polar surface area (TPSA) is 35.5 Å². The molecule has 0 radical (unpaired) electrons. The Kier molecular flexibility index (Phi) is 11.7. The van der Waals surface area contributed by atoms with E-state index in [0.717, 1.165) is 12.8 Å². The molecule has 3 nitrogen and oxygen atoms in total. The first-order valence-electron chi connectivity index (χ1n) is 9.56. The Morgan fingerprint density at radius 1 is 0.826 bits per heavy atom. The van der Waals surface area contributed by atoms with Crippen molar-refractivity contribution in [2.75, 3.05) is 6.61 Å². The monoisotopic (exact) mass is 344 g/mol. The number of rotatable bonds is 12. The van der Waals surface area contributed by atoms with Crippen molar-refractivity contribution >= 4 is 14.5 Å². The van der Waals surface area contributed by atoms with Crippen LogP contribution in [0.3, 0.4) is 0 Å². The van der Waals surface area contributed by atoms with Gasteiger partial charge >= 0.3 is 6.16 Å². The molecule has 0 atom stereocenters. The van der Waals surface area contributed by atoms with Gasteiger partial charge in [-0.3, -0.25) is 0 Å². The predicted molar refractivity (Wildman–Crippen MR) is 101 cm³/mol. The Balaban J connectivity index is 3.50. The van der Waals surface area contributed by atoms with Crippen LogP contribution < -0.4 is 0 Å². The minimum absolute atomic E-state index is 0.0309. The molecule has 0 aromatic rings. The zero-order chi connectivity index (χ0) is 17.8. The van der Waals surface area contributed by atoms with Gasteiger partial charge in [0.15, 0.2) is 0 Å². The van der Waals surface area contributed by atoms with E-state index in [1.807, 2.05) is 0 Å². The summed E-state index contributed by atoms with van der Waals surface area (Å²) in [4.78, 5) is 11.8. The first-order chi connectivity index (χ1) is 10.7. The summed E-state index contributed by atoms with van der Waals surface area (Å²) in [5.41, 5.74) is 0. The first-order valence-corrected chi connectivity index (χ1v) is 12.5. The lowest BCUT2D eigenvalue weighted by molar-refractivity contribution is 0.0928. The van der Waals surface area contributed by atoms with Crippen LogP contribution >= 0.6 is 0 Å². The fourth-order valence-corrected chi connectivity index (χ4v) is 2.92. The van der Waals surface area contributed by atoms with Gasteiger partial charge in [0.2, 0.25) is 0 Å². The summed E-state index contributed by atoms with van der Waals surface area (Å²) in [6.45, 7) is 13.2. The number of carbonyl (C=O) groups excluding carboxylic acids is 1. The van der Waals surface area contributed by atoms with E-state index in [2.05, 4.69) is 40.8 Å². The Morgan fingerprint density at radius 3 is 1.70 bits per heavy atom. The maximum atomic E-state index is 11.8. The van der Waals surface area contributed by atoms with Crippen LogP contribution in [0, 0.1) is 0 Å². The molecule has 0 aliphatic rings. The molecule has 0 spiro atoms. The molecule has 0 saturated heterocycles. The van der Waals surface area contributed by atoms with Crippen LogP contribution in [0.1, 0.15) is 91.9 Å². The zero-order valence-electron chi connectivity index (χ0n) is 16.5. The highest BCUT2D eigenvalue weighted by Gasteiger charge is 2.40. The van der Waals surface area contributed by atoms with Crippen molar-refractivity contribution in [3.8, 4) is 0 Å². The van der Waals surface area contributed by atoms with E-state index in [1.165, 1.54) is 51.4 Å². The van der Waals surface area contributed by atoms with Crippen LogP contribution in [0.2, 0.25) is 18.1 Å². The van der Waals surface area contributed by atoms with Crippen molar-refractivity contribution in [2.45, 2.75) is 110 Å². The van der Waals surface area contributed by atoms with Crippen molar-refractivity contribution in [3.05, 3.63) is 0 Å². The third-order valence-corrected chi connectivity index (χ3v) is 9.15. The second kappa shape index (κ2) is 11.9. The maximum Gasteiger partial charge on any atom is 0.494 e. The summed E-state index contributed by atoms with van der Waals surface area (Å²) < 4.78 is 10.8. The number of hydrogen-bond acceptors (Lipinski definition) is 3. The standard InChI is InChI=1S/C19H40O3Si/c1-7-8-9-10-11-12-13-14-15-16-17-21-18(20)22-23(5,6)19(2,3)4/h7-17H2,1-6H3. The van der Waals surface area contributed by atoms with E-state index in [1.54, 1.807) is 0 Å². The Morgan fingerprint density at radius 2 is 1.26 bits per heavy atom. The van der Waals surface area contributed by atoms with Gasteiger partial charge in [0.05, 0.1) is 6.61 Å². The van der Waals surface area contributed by atoms with Crippen LogP contribution in [0.5, 0.6) is 0 Å². The lowest BCUT2D eigenvalue weighted by Crippen LogP contribution is -2.42. The van der Waals surface area contributed by atoms with Gasteiger partial charge in [-0.15, -0.1) is 0 Å². The average molecular weight is 345 g/mol. The molecule has 0 unspecified atom stereocenters. The minimum atomic E-state index is -2.04. The highest BCUT2D eigenvalue weighted by atomic mass is 28.4. The van der Waals surface area contributed by atoms with Crippen molar-refractivity contribution < 1.29 is 14.0 Å². The summed E-state index contributed by atoms with van der Waals surface area (Å²) in [6, 6.07) is 0. The van der Waals surface area contributed by atoms with E-state index in [9.17, 15) is 4.79 Å². The van der Waals surface area contributed by atoms with Gasteiger partial charge in [0.25, 0.3) is 8.32 Å². The molecule has 0 aromatic heterocycles. The fraction of sp³-hybridized carbons (Fsp3) is 0.947. The number of unbranched alkanes of at least 4 members (excludes halogenated alkanes) is 9. The number of carbonyl (C=O) groups is 1. The third kappa shape index (κ3) is 11.6.